The number of hydrogen-bond donors (Lipinski definition) is 2. The van der Waals surface area contributed by atoms with E-state index in [0.717, 1.165) is 0 Å². The lowest BCUT2D eigenvalue weighted by atomic mass is 10.1. The van der Waals surface area contributed by atoms with Crippen molar-refractivity contribution < 1.29 is 14.7 Å². The van der Waals surface area contributed by atoms with Gasteiger partial charge in [-0.25, -0.2) is 4.79 Å². The molecule has 3 N–H and O–H groups in total. The number of thioether (sulfide) groups is 1. The number of nitrogens with zero attached hydrogens (tertiary/aromatic N) is 1. The average molecular weight is 200 g/mol. The number of β-lactam (4-membered cyclic amide) rings is 1. The first-order valence-corrected chi connectivity index (χ1v) is 4.81. The zero-order chi connectivity index (χ0) is 9.59. The van der Waals surface area contributed by atoms with Crippen LogP contribution in [0.25, 0.3) is 0 Å². The third-order valence-corrected chi connectivity index (χ3v) is 3.37. The first-order valence-electron chi connectivity index (χ1n) is 3.77. The summed E-state index contributed by atoms with van der Waals surface area (Å²) in [5.41, 5.74) is 5.68. The Kier molecular flexibility index (Phi) is 1.73. The van der Waals surface area contributed by atoms with Crippen LogP contribution >= 0.6 is 11.8 Å². The molecule has 1 fully saturated rings. The first kappa shape index (κ1) is 8.43. The summed E-state index contributed by atoms with van der Waals surface area (Å²) in [4.78, 5) is 23.1. The number of rotatable bonds is 1. The van der Waals surface area contributed by atoms with Crippen LogP contribution in [-0.2, 0) is 9.59 Å². The molecule has 0 saturated carbocycles. The summed E-state index contributed by atoms with van der Waals surface area (Å²) < 4.78 is 0. The lowest BCUT2D eigenvalue weighted by Crippen LogP contribution is -2.54. The van der Waals surface area contributed by atoms with Crippen molar-refractivity contribution in [3.05, 3.63) is 11.4 Å². The summed E-state index contributed by atoms with van der Waals surface area (Å²) in [7, 11) is 0. The van der Waals surface area contributed by atoms with Gasteiger partial charge in [-0.2, -0.15) is 0 Å². The van der Waals surface area contributed by atoms with Crippen molar-refractivity contribution in [2.75, 3.05) is 5.75 Å². The van der Waals surface area contributed by atoms with Crippen LogP contribution in [-0.4, -0.2) is 33.0 Å². The van der Waals surface area contributed by atoms with E-state index in [0.29, 0.717) is 12.2 Å². The van der Waals surface area contributed by atoms with Gasteiger partial charge in [0.1, 0.15) is 5.82 Å². The van der Waals surface area contributed by atoms with E-state index in [1.165, 1.54) is 16.7 Å². The topological polar surface area (TPSA) is 83.6 Å². The van der Waals surface area contributed by atoms with Gasteiger partial charge in [-0.15, -0.1) is 11.8 Å². The normalized spacial score (nSPS) is 26.9. The number of aliphatic carboxylic acids is 1. The Morgan fingerprint density at radius 2 is 2.38 bits per heavy atom. The quantitative estimate of drug-likeness (QED) is 0.560. The smallest absolute Gasteiger partial charge is 0.336 e. The number of nitrogens with two attached hydrogens (primary N) is 1. The van der Waals surface area contributed by atoms with Gasteiger partial charge < -0.3 is 10.8 Å². The number of fused-ring (bicyclic) bond motifs is 1. The molecular formula is C7H8N2O3S. The van der Waals surface area contributed by atoms with Crippen molar-refractivity contribution in [1.82, 2.24) is 4.90 Å². The number of carbonyl (C=O) groups is 2. The maximum Gasteiger partial charge on any atom is 0.336 e. The molecule has 2 heterocycles. The van der Waals surface area contributed by atoms with Crippen LogP contribution in [0.2, 0.25) is 0 Å². The number of carboxylic acids is 1. The predicted octanol–water partition coefficient (Wildman–Crippen LogP) is -0.453. The van der Waals surface area contributed by atoms with Crippen LogP contribution < -0.4 is 5.73 Å². The molecule has 0 aromatic rings. The number of hydrogen-bond acceptors (Lipinski definition) is 4. The van der Waals surface area contributed by atoms with Gasteiger partial charge in [0.2, 0.25) is 5.91 Å². The molecule has 6 heteroatoms. The highest BCUT2D eigenvalue weighted by Crippen LogP contribution is 2.37. The Morgan fingerprint density at radius 1 is 1.69 bits per heavy atom. The van der Waals surface area contributed by atoms with E-state index in [1.807, 2.05) is 0 Å². The summed E-state index contributed by atoms with van der Waals surface area (Å²) in [6, 6.07) is 0. The monoisotopic (exact) mass is 200 g/mol. The molecular weight excluding hydrogens is 192 g/mol. The SMILES string of the molecule is NC1=C(C(=O)O)CSC2CC(=O)N12. The zero-order valence-corrected chi connectivity index (χ0v) is 7.50. The lowest BCUT2D eigenvalue weighted by molar-refractivity contribution is -0.139. The molecule has 0 radical (unpaired) electrons. The van der Waals surface area contributed by atoms with Crippen molar-refractivity contribution in [3.8, 4) is 0 Å². The van der Waals surface area contributed by atoms with Gasteiger partial charge in [0.15, 0.2) is 0 Å². The summed E-state index contributed by atoms with van der Waals surface area (Å²) >= 11 is 1.44. The van der Waals surface area contributed by atoms with Gasteiger partial charge in [-0.3, -0.25) is 9.69 Å². The number of carbonyl (C=O) groups excluding carboxylic acids is 1. The molecule has 0 aliphatic carbocycles. The van der Waals surface area contributed by atoms with Gasteiger partial charge in [-0.1, -0.05) is 0 Å². The third-order valence-electron chi connectivity index (χ3n) is 2.15. The van der Waals surface area contributed by atoms with Crippen molar-refractivity contribution in [1.29, 1.82) is 0 Å². The number of carboxylic acid groups (broad SMARTS) is 1. The summed E-state index contributed by atoms with van der Waals surface area (Å²) in [5.74, 6) is -0.626. The van der Waals surface area contributed by atoms with Crippen LogP contribution in [0.4, 0.5) is 0 Å². The van der Waals surface area contributed by atoms with Crippen molar-refractivity contribution in [2.24, 2.45) is 5.73 Å². The molecule has 2 aliphatic heterocycles. The van der Waals surface area contributed by atoms with Crippen molar-refractivity contribution in [3.63, 3.8) is 0 Å². The van der Waals surface area contributed by atoms with E-state index in [2.05, 4.69) is 0 Å². The molecule has 1 amide bonds. The Morgan fingerprint density at radius 3 is 2.92 bits per heavy atom. The van der Waals surface area contributed by atoms with Crippen molar-refractivity contribution in [2.45, 2.75) is 11.8 Å². The van der Waals surface area contributed by atoms with E-state index < -0.39 is 5.97 Å². The third kappa shape index (κ3) is 1.09. The highest BCUT2D eigenvalue weighted by molar-refractivity contribution is 8.00. The fraction of sp³-hybridized carbons (Fsp3) is 0.429. The van der Waals surface area contributed by atoms with Crippen LogP contribution in [0.5, 0.6) is 0 Å². The Hall–Kier alpha value is -1.17. The molecule has 1 saturated heterocycles. The van der Waals surface area contributed by atoms with Crippen molar-refractivity contribution >= 4 is 23.6 Å². The van der Waals surface area contributed by atoms with Gasteiger partial charge in [0.05, 0.1) is 17.4 Å². The molecule has 2 rings (SSSR count). The Bertz CT molecular complexity index is 326. The maximum atomic E-state index is 11.0. The molecule has 70 valence electrons. The molecule has 1 atom stereocenters. The van der Waals surface area contributed by atoms with Crippen LogP contribution in [0.3, 0.4) is 0 Å². The summed E-state index contributed by atoms with van der Waals surface area (Å²) in [6.07, 6.45) is 0.471. The molecule has 0 aromatic carbocycles. The highest BCUT2D eigenvalue weighted by Gasteiger charge is 2.43. The standard InChI is InChI=1S/C7H8N2O3S/c8-6-3(7(11)12)2-13-5-1-4(10)9(5)6/h5H,1-2,8H2,(H,11,12). The Balaban J connectivity index is 2.33. The molecule has 13 heavy (non-hydrogen) atoms. The maximum absolute atomic E-state index is 11.0. The second-order valence-corrected chi connectivity index (χ2v) is 4.07. The Labute approximate surface area is 78.6 Å². The fourth-order valence-electron chi connectivity index (χ4n) is 1.38. The first-order chi connectivity index (χ1) is 6.11. The molecule has 0 bridgehead atoms. The van der Waals surface area contributed by atoms with Gasteiger partial charge in [-0.05, 0) is 0 Å². The second kappa shape index (κ2) is 2.66. The molecule has 2 aliphatic rings. The van der Waals surface area contributed by atoms with Gasteiger partial charge >= 0.3 is 5.97 Å². The van der Waals surface area contributed by atoms with Gasteiger partial charge in [0, 0.05) is 5.75 Å². The fourth-order valence-corrected chi connectivity index (χ4v) is 2.65. The largest absolute Gasteiger partial charge is 0.478 e. The van der Waals surface area contributed by atoms with Crippen LogP contribution in [0, 0.1) is 0 Å². The minimum absolute atomic E-state index is 0.0654. The zero-order valence-electron chi connectivity index (χ0n) is 6.69. The highest BCUT2D eigenvalue weighted by atomic mass is 32.2. The van der Waals surface area contributed by atoms with E-state index in [1.54, 1.807) is 0 Å². The number of amides is 1. The van der Waals surface area contributed by atoms with E-state index in [4.69, 9.17) is 10.8 Å². The van der Waals surface area contributed by atoms with Gasteiger partial charge in [0.25, 0.3) is 0 Å². The second-order valence-electron chi connectivity index (χ2n) is 2.90. The molecule has 1 unspecified atom stereocenters. The van der Waals surface area contributed by atoms with E-state index in [-0.39, 0.29) is 22.7 Å². The minimum Gasteiger partial charge on any atom is -0.478 e. The summed E-state index contributed by atoms with van der Waals surface area (Å²) in [6.45, 7) is 0. The van der Waals surface area contributed by atoms with E-state index in [9.17, 15) is 9.59 Å². The van der Waals surface area contributed by atoms with Crippen LogP contribution in [0.15, 0.2) is 11.4 Å². The van der Waals surface area contributed by atoms with Crippen LogP contribution in [0.1, 0.15) is 6.42 Å². The lowest BCUT2D eigenvalue weighted by Gasteiger charge is -2.43. The molecule has 0 spiro atoms. The molecule has 0 aromatic heterocycles. The molecule has 5 nitrogen and oxygen atoms in total. The average Bonchev–Trinajstić information content (AvgIpc) is 2.01. The summed E-state index contributed by atoms with van der Waals surface area (Å²) in [5, 5.41) is 8.80. The van der Waals surface area contributed by atoms with E-state index >= 15 is 0 Å². The predicted molar refractivity (Wildman–Crippen MR) is 46.6 cm³/mol. The minimum atomic E-state index is -1.04.